The molecule has 1 atom stereocenters. The van der Waals surface area contributed by atoms with E-state index in [2.05, 4.69) is 13.5 Å². The lowest BCUT2D eigenvalue weighted by Gasteiger charge is -2.10. The zero-order valence-electron chi connectivity index (χ0n) is 8.17. The lowest BCUT2D eigenvalue weighted by atomic mass is 9.97. The number of halogens is 1. The summed E-state index contributed by atoms with van der Waals surface area (Å²) in [7, 11) is 0. The van der Waals surface area contributed by atoms with Gasteiger partial charge in [0.15, 0.2) is 0 Å². The molecule has 1 heteroatoms. The minimum atomic E-state index is -0.145. The first kappa shape index (κ1) is 9.45. The molecule has 1 radical (unpaired) electrons. The average Bonchev–Trinajstić information content (AvgIpc) is 3.01. The number of hydrogen-bond acceptors (Lipinski definition) is 0. The summed E-state index contributed by atoms with van der Waals surface area (Å²) in [4.78, 5) is 0. The highest BCUT2D eigenvalue weighted by atomic mass is 19.1. The standard InChI is InChI=1S/C13H14F/c1-3-9(2)11-5-4-6-12(13(11)14)10-7-8-10/h3-6,9-10H,1-2,7-8H2. The Morgan fingerprint density at radius 3 is 2.71 bits per heavy atom. The minimum absolute atomic E-state index is 0.0742. The second-order valence-corrected chi connectivity index (χ2v) is 3.87. The number of benzene rings is 1. The molecule has 1 unspecified atom stereocenters. The van der Waals surface area contributed by atoms with Crippen LogP contribution in [0, 0.1) is 12.7 Å². The maximum atomic E-state index is 13.9. The molecule has 1 fully saturated rings. The Bertz CT molecular complexity index is 350. The number of allylic oxidation sites excluding steroid dienone is 1. The minimum Gasteiger partial charge on any atom is -0.206 e. The highest BCUT2D eigenvalue weighted by Crippen LogP contribution is 2.42. The van der Waals surface area contributed by atoms with E-state index in [1.165, 1.54) is 0 Å². The van der Waals surface area contributed by atoms with Crippen molar-refractivity contribution in [1.29, 1.82) is 0 Å². The maximum Gasteiger partial charge on any atom is 0.130 e. The second-order valence-electron chi connectivity index (χ2n) is 3.87. The number of hydrogen-bond donors (Lipinski definition) is 0. The lowest BCUT2D eigenvalue weighted by Crippen LogP contribution is -1.98. The molecule has 0 heterocycles. The molecule has 0 amide bonds. The molecule has 0 N–H and O–H groups in total. The summed E-state index contributed by atoms with van der Waals surface area (Å²) in [6.45, 7) is 7.49. The van der Waals surface area contributed by atoms with Gasteiger partial charge in [0.05, 0.1) is 0 Å². The maximum absolute atomic E-state index is 13.9. The van der Waals surface area contributed by atoms with Crippen LogP contribution in [0.2, 0.25) is 0 Å². The van der Waals surface area contributed by atoms with E-state index in [1.54, 1.807) is 12.1 Å². The molecule has 1 aromatic rings. The zero-order chi connectivity index (χ0) is 10.1. The van der Waals surface area contributed by atoms with Crippen molar-refractivity contribution < 1.29 is 4.39 Å². The summed E-state index contributed by atoms with van der Waals surface area (Å²) >= 11 is 0. The Morgan fingerprint density at radius 2 is 2.14 bits per heavy atom. The van der Waals surface area contributed by atoms with Crippen LogP contribution in [0.1, 0.15) is 35.8 Å². The van der Waals surface area contributed by atoms with Crippen LogP contribution >= 0.6 is 0 Å². The Labute approximate surface area is 84.5 Å². The summed E-state index contributed by atoms with van der Waals surface area (Å²) in [5.41, 5.74) is 1.53. The van der Waals surface area contributed by atoms with Crippen LogP contribution in [0.5, 0.6) is 0 Å². The van der Waals surface area contributed by atoms with Gasteiger partial charge in [0.25, 0.3) is 0 Å². The van der Waals surface area contributed by atoms with E-state index < -0.39 is 0 Å². The Morgan fingerprint density at radius 1 is 1.43 bits per heavy atom. The fourth-order valence-corrected chi connectivity index (χ4v) is 1.69. The van der Waals surface area contributed by atoms with Crippen molar-refractivity contribution in [3.05, 3.63) is 54.7 Å². The van der Waals surface area contributed by atoms with Crippen molar-refractivity contribution in [3.63, 3.8) is 0 Å². The molecule has 0 aromatic heterocycles. The quantitative estimate of drug-likeness (QED) is 0.634. The van der Waals surface area contributed by atoms with Crippen LogP contribution < -0.4 is 0 Å². The summed E-state index contributed by atoms with van der Waals surface area (Å²) < 4.78 is 13.9. The Balaban J connectivity index is 2.40. The van der Waals surface area contributed by atoms with Gasteiger partial charge < -0.3 is 0 Å². The molecule has 2 rings (SSSR count). The molecule has 1 aliphatic rings. The van der Waals surface area contributed by atoms with Gasteiger partial charge in [0.1, 0.15) is 5.82 Å². The van der Waals surface area contributed by atoms with E-state index in [1.807, 2.05) is 12.1 Å². The van der Waals surface area contributed by atoms with E-state index in [-0.39, 0.29) is 11.7 Å². The van der Waals surface area contributed by atoms with Crippen molar-refractivity contribution in [2.75, 3.05) is 0 Å². The molecule has 1 aromatic carbocycles. The molecule has 0 saturated heterocycles. The first-order valence-corrected chi connectivity index (χ1v) is 4.98. The molecule has 1 saturated carbocycles. The number of rotatable bonds is 3. The molecular weight excluding hydrogens is 175 g/mol. The normalized spacial score (nSPS) is 17.9. The summed E-state index contributed by atoms with van der Waals surface area (Å²) in [6.07, 6.45) is 3.92. The van der Waals surface area contributed by atoms with E-state index in [4.69, 9.17) is 0 Å². The fraction of sp³-hybridized carbons (Fsp3) is 0.308. The van der Waals surface area contributed by atoms with Crippen molar-refractivity contribution in [2.24, 2.45) is 0 Å². The van der Waals surface area contributed by atoms with Crippen LogP contribution in [0.25, 0.3) is 0 Å². The monoisotopic (exact) mass is 189 g/mol. The third kappa shape index (κ3) is 1.59. The molecule has 0 spiro atoms. The van der Waals surface area contributed by atoms with E-state index in [0.29, 0.717) is 11.5 Å². The van der Waals surface area contributed by atoms with Crippen LogP contribution in [0.4, 0.5) is 4.39 Å². The first-order chi connectivity index (χ1) is 6.74. The highest BCUT2D eigenvalue weighted by Gasteiger charge is 2.27. The van der Waals surface area contributed by atoms with E-state index in [9.17, 15) is 4.39 Å². The van der Waals surface area contributed by atoms with Gasteiger partial charge >= 0.3 is 0 Å². The molecule has 0 bridgehead atoms. The molecule has 1 aliphatic carbocycles. The van der Waals surface area contributed by atoms with Gasteiger partial charge in [0, 0.05) is 5.92 Å². The van der Waals surface area contributed by atoms with Crippen LogP contribution in [0.15, 0.2) is 30.9 Å². The van der Waals surface area contributed by atoms with Gasteiger partial charge in [-0.05, 0) is 36.8 Å². The summed E-state index contributed by atoms with van der Waals surface area (Å²) in [6, 6.07) is 5.58. The van der Waals surface area contributed by atoms with Crippen molar-refractivity contribution in [3.8, 4) is 0 Å². The molecule has 73 valence electrons. The molecule has 0 aliphatic heterocycles. The van der Waals surface area contributed by atoms with Gasteiger partial charge in [-0.25, -0.2) is 4.39 Å². The second kappa shape index (κ2) is 3.56. The molecular formula is C13H14F. The van der Waals surface area contributed by atoms with Gasteiger partial charge in [-0.15, -0.1) is 6.58 Å². The van der Waals surface area contributed by atoms with Crippen LogP contribution in [0.3, 0.4) is 0 Å². The average molecular weight is 189 g/mol. The SMILES string of the molecule is [CH2]C(C=C)c1cccc(C2CC2)c1F. The first-order valence-electron chi connectivity index (χ1n) is 4.98. The Hall–Kier alpha value is -1.11. The Kier molecular flexibility index (Phi) is 2.40. The zero-order valence-corrected chi connectivity index (χ0v) is 8.17. The van der Waals surface area contributed by atoms with Gasteiger partial charge in [0.2, 0.25) is 0 Å². The highest BCUT2D eigenvalue weighted by molar-refractivity contribution is 5.35. The van der Waals surface area contributed by atoms with Gasteiger partial charge in [-0.2, -0.15) is 0 Å². The third-order valence-electron chi connectivity index (χ3n) is 2.76. The largest absolute Gasteiger partial charge is 0.206 e. The summed E-state index contributed by atoms with van der Waals surface area (Å²) in [5, 5.41) is 0. The van der Waals surface area contributed by atoms with E-state index in [0.717, 1.165) is 18.4 Å². The lowest BCUT2D eigenvalue weighted by molar-refractivity contribution is 0.593. The van der Waals surface area contributed by atoms with Crippen LogP contribution in [-0.2, 0) is 0 Å². The van der Waals surface area contributed by atoms with Crippen molar-refractivity contribution in [1.82, 2.24) is 0 Å². The predicted molar refractivity (Wildman–Crippen MR) is 56.7 cm³/mol. The van der Waals surface area contributed by atoms with Crippen molar-refractivity contribution >= 4 is 0 Å². The van der Waals surface area contributed by atoms with E-state index >= 15 is 0 Å². The smallest absolute Gasteiger partial charge is 0.130 e. The molecule has 14 heavy (non-hydrogen) atoms. The van der Waals surface area contributed by atoms with Crippen LogP contribution in [-0.4, -0.2) is 0 Å². The third-order valence-corrected chi connectivity index (χ3v) is 2.76. The predicted octanol–water partition coefficient (Wildman–Crippen LogP) is 3.81. The van der Waals surface area contributed by atoms with Crippen molar-refractivity contribution in [2.45, 2.75) is 24.7 Å². The molecule has 0 nitrogen and oxygen atoms in total. The fourth-order valence-electron chi connectivity index (χ4n) is 1.69. The topological polar surface area (TPSA) is 0 Å². The summed E-state index contributed by atoms with van der Waals surface area (Å²) in [5.74, 6) is 0.232. The van der Waals surface area contributed by atoms with Gasteiger partial charge in [-0.1, -0.05) is 24.3 Å². The van der Waals surface area contributed by atoms with Gasteiger partial charge in [-0.3, -0.25) is 0 Å².